The van der Waals surface area contributed by atoms with Gasteiger partial charge in [0.25, 0.3) is 0 Å². The third-order valence-corrected chi connectivity index (χ3v) is 5.56. The van der Waals surface area contributed by atoms with Gasteiger partial charge < -0.3 is 4.42 Å². The summed E-state index contributed by atoms with van der Waals surface area (Å²) in [5, 5.41) is 17.1. The van der Waals surface area contributed by atoms with Gasteiger partial charge >= 0.3 is 6.18 Å². The van der Waals surface area contributed by atoms with E-state index in [2.05, 4.69) is 20.4 Å². The van der Waals surface area contributed by atoms with Gasteiger partial charge in [0, 0.05) is 12.0 Å². The van der Waals surface area contributed by atoms with E-state index >= 15 is 0 Å². The van der Waals surface area contributed by atoms with Crippen LogP contribution in [0, 0.1) is 0 Å². The molecular weight excluding hydrogens is 451 g/mol. The second kappa shape index (κ2) is 8.72. The number of alkyl halides is 3. The smallest absolute Gasteiger partial charge is 0.416 e. The first kappa shape index (κ1) is 21.4. The number of halogens is 4. The molecule has 0 bridgehead atoms. The normalized spacial score (nSPS) is 11.8. The van der Waals surface area contributed by atoms with Crippen molar-refractivity contribution in [2.75, 3.05) is 0 Å². The van der Waals surface area contributed by atoms with E-state index in [4.69, 9.17) is 16.0 Å². The van der Waals surface area contributed by atoms with Crippen LogP contribution in [0.15, 0.2) is 58.1 Å². The van der Waals surface area contributed by atoms with Crippen LogP contribution in [0.4, 0.5) is 13.2 Å². The molecule has 0 aliphatic carbocycles. The van der Waals surface area contributed by atoms with Gasteiger partial charge in [0.2, 0.25) is 11.8 Å². The molecule has 4 rings (SSSR count). The number of benzene rings is 2. The highest BCUT2D eigenvalue weighted by Crippen LogP contribution is 2.35. The molecule has 0 saturated carbocycles. The van der Waals surface area contributed by atoms with E-state index in [-0.39, 0.29) is 11.4 Å². The Morgan fingerprint density at radius 1 is 1.00 bits per heavy atom. The summed E-state index contributed by atoms with van der Waals surface area (Å²) in [6, 6.07) is 11.9. The molecule has 6 nitrogen and oxygen atoms in total. The van der Waals surface area contributed by atoms with Crippen molar-refractivity contribution in [2.24, 2.45) is 0 Å². The van der Waals surface area contributed by atoms with Crippen LogP contribution >= 0.6 is 23.4 Å². The maximum atomic E-state index is 13.3. The fourth-order valence-electron chi connectivity index (χ4n) is 2.85. The van der Waals surface area contributed by atoms with Gasteiger partial charge in [0.1, 0.15) is 0 Å². The summed E-state index contributed by atoms with van der Waals surface area (Å²) in [6.07, 6.45) is -3.88. The van der Waals surface area contributed by atoms with Crippen LogP contribution in [0.5, 0.6) is 0 Å². The molecule has 0 aliphatic rings. The van der Waals surface area contributed by atoms with Crippen molar-refractivity contribution >= 4 is 23.4 Å². The van der Waals surface area contributed by atoms with Crippen LogP contribution < -0.4 is 0 Å². The van der Waals surface area contributed by atoms with Crippen LogP contribution in [0.2, 0.25) is 5.02 Å². The van der Waals surface area contributed by atoms with E-state index < -0.39 is 11.7 Å². The molecule has 11 heteroatoms. The lowest BCUT2D eigenvalue weighted by atomic mass is 10.1. The minimum atomic E-state index is -4.48. The van der Waals surface area contributed by atoms with Gasteiger partial charge in [-0.2, -0.15) is 13.2 Å². The molecule has 0 spiro atoms. The predicted molar refractivity (Wildman–Crippen MR) is 110 cm³/mol. The number of aryl methyl sites for hydroxylation is 1. The van der Waals surface area contributed by atoms with E-state index in [0.717, 1.165) is 12.1 Å². The summed E-state index contributed by atoms with van der Waals surface area (Å²) in [5.74, 6) is 1.51. The van der Waals surface area contributed by atoms with Crippen LogP contribution in [0.3, 0.4) is 0 Å². The number of aromatic nitrogens is 5. The molecule has 0 unspecified atom stereocenters. The van der Waals surface area contributed by atoms with Crippen molar-refractivity contribution in [3.63, 3.8) is 0 Å². The first-order valence-electron chi connectivity index (χ1n) is 9.19. The third-order valence-electron chi connectivity index (χ3n) is 4.32. The quantitative estimate of drug-likeness (QED) is 0.333. The molecule has 2 aromatic carbocycles. The average molecular weight is 466 g/mol. The van der Waals surface area contributed by atoms with Crippen LogP contribution in [0.25, 0.3) is 17.1 Å². The number of nitrogens with zero attached hydrogens (tertiary/aromatic N) is 5. The standard InChI is InChI=1S/C20H15ClF3N5OS/c1-2-16-25-26-17(30-16)11-31-19-28-27-18(14-8-3-4-9-15(14)21)29(19)13-7-5-6-12(10-13)20(22,23)24/h3-10H,2,11H2,1H3. The highest BCUT2D eigenvalue weighted by molar-refractivity contribution is 7.98. The Morgan fingerprint density at radius 3 is 2.48 bits per heavy atom. The average Bonchev–Trinajstić information content (AvgIpc) is 3.39. The van der Waals surface area contributed by atoms with E-state index in [1.165, 1.54) is 22.4 Å². The Morgan fingerprint density at radius 2 is 1.77 bits per heavy atom. The number of hydrogen-bond acceptors (Lipinski definition) is 6. The zero-order valence-corrected chi connectivity index (χ0v) is 17.7. The van der Waals surface area contributed by atoms with Gasteiger partial charge in [-0.05, 0) is 30.3 Å². The lowest BCUT2D eigenvalue weighted by molar-refractivity contribution is -0.137. The van der Waals surface area contributed by atoms with E-state index in [0.29, 0.717) is 39.8 Å². The zero-order valence-electron chi connectivity index (χ0n) is 16.1. The maximum Gasteiger partial charge on any atom is 0.416 e. The Balaban J connectivity index is 1.78. The van der Waals surface area contributed by atoms with Gasteiger partial charge in [0.05, 0.1) is 22.0 Å². The van der Waals surface area contributed by atoms with Gasteiger partial charge in [-0.1, -0.05) is 48.5 Å². The molecular formula is C20H15ClF3N5OS. The van der Waals surface area contributed by atoms with Crippen molar-refractivity contribution < 1.29 is 17.6 Å². The Kier molecular flexibility index (Phi) is 6.01. The molecule has 0 amide bonds. The molecule has 0 fully saturated rings. The summed E-state index contributed by atoms with van der Waals surface area (Å²) in [5.41, 5.74) is 0.0354. The van der Waals surface area contributed by atoms with Crippen LogP contribution in [0.1, 0.15) is 24.3 Å². The van der Waals surface area contributed by atoms with E-state index in [1.54, 1.807) is 30.3 Å². The lowest BCUT2D eigenvalue weighted by Crippen LogP contribution is -2.07. The summed E-state index contributed by atoms with van der Waals surface area (Å²) in [6.45, 7) is 1.89. The molecule has 0 N–H and O–H groups in total. The molecule has 0 saturated heterocycles. The highest BCUT2D eigenvalue weighted by atomic mass is 35.5. The van der Waals surface area contributed by atoms with Crippen molar-refractivity contribution in [3.8, 4) is 17.1 Å². The first-order chi connectivity index (χ1) is 14.9. The van der Waals surface area contributed by atoms with Crippen LogP contribution in [-0.4, -0.2) is 25.0 Å². The van der Waals surface area contributed by atoms with Gasteiger partial charge in [0.15, 0.2) is 11.0 Å². The Bertz CT molecular complexity index is 1210. The van der Waals surface area contributed by atoms with Crippen molar-refractivity contribution in [3.05, 3.63) is 70.9 Å². The summed E-state index contributed by atoms with van der Waals surface area (Å²) in [7, 11) is 0. The first-order valence-corrected chi connectivity index (χ1v) is 10.5. The van der Waals surface area contributed by atoms with Crippen molar-refractivity contribution in [2.45, 2.75) is 30.4 Å². The molecule has 0 radical (unpaired) electrons. The molecule has 160 valence electrons. The second-order valence-electron chi connectivity index (χ2n) is 6.40. The molecule has 4 aromatic rings. The van der Waals surface area contributed by atoms with Crippen molar-refractivity contribution in [1.82, 2.24) is 25.0 Å². The lowest BCUT2D eigenvalue weighted by Gasteiger charge is -2.13. The molecule has 2 aromatic heterocycles. The number of thioether (sulfide) groups is 1. The fourth-order valence-corrected chi connectivity index (χ4v) is 3.86. The van der Waals surface area contributed by atoms with E-state index in [1.807, 2.05) is 6.92 Å². The molecule has 2 heterocycles. The Hall–Kier alpha value is -2.85. The monoisotopic (exact) mass is 465 g/mol. The topological polar surface area (TPSA) is 69.6 Å². The number of hydrogen-bond donors (Lipinski definition) is 0. The predicted octanol–water partition coefficient (Wildman–Crippen LogP) is 5.84. The summed E-state index contributed by atoms with van der Waals surface area (Å²) in [4.78, 5) is 0. The second-order valence-corrected chi connectivity index (χ2v) is 7.75. The number of rotatable bonds is 6. The summed E-state index contributed by atoms with van der Waals surface area (Å²) >= 11 is 7.54. The largest absolute Gasteiger partial charge is 0.424 e. The molecule has 0 aliphatic heterocycles. The molecule has 0 atom stereocenters. The van der Waals surface area contributed by atoms with Gasteiger partial charge in [-0.15, -0.1) is 20.4 Å². The van der Waals surface area contributed by atoms with Gasteiger partial charge in [-0.3, -0.25) is 4.57 Å². The fraction of sp³-hybridized carbons (Fsp3) is 0.200. The SMILES string of the molecule is CCc1nnc(CSc2nnc(-c3ccccc3Cl)n2-c2cccc(C(F)(F)F)c2)o1. The van der Waals surface area contributed by atoms with Gasteiger partial charge in [-0.25, -0.2) is 0 Å². The minimum absolute atomic E-state index is 0.261. The zero-order chi connectivity index (χ0) is 22.0. The maximum absolute atomic E-state index is 13.3. The third kappa shape index (κ3) is 4.59. The Labute approximate surface area is 184 Å². The molecule has 31 heavy (non-hydrogen) atoms. The summed E-state index contributed by atoms with van der Waals surface area (Å²) < 4.78 is 47.0. The van der Waals surface area contributed by atoms with Crippen molar-refractivity contribution in [1.29, 1.82) is 0 Å². The minimum Gasteiger partial charge on any atom is -0.424 e. The highest BCUT2D eigenvalue weighted by Gasteiger charge is 2.31. The van der Waals surface area contributed by atoms with Crippen LogP contribution in [-0.2, 0) is 18.3 Å². The van der Waals surface area contributed by atoms with E-state index in [9.17, 15) is 13.2 Å².